The minimum atomic E-state index is -0.470. The number of hydrogen-bond donors (Lipinski definition) is 2. The lowest BCUT2D eigenvalue weighted by Gasteiger charge is -2.47. The third-order valence-corrected chi connectivity index (χ3v) is 6.48. The number of nitrogens with zero attached hydrogens (tertiary/aromatic N) is 4. The molecule has 0 aliphatic carbocycles. The summed E-state index contributed by atoms with van der Waals surface area (Å²) in [6, 6.07) is 12.0. The lowest BCUT2D eigenvalue weighted by molar-refractivity contribution is -0.0174. The number of pyridine rings is 1. The van der Waals surface area contributed by atoms with Gasteiger partial charge in [-0.1, -0.05) is 30.3 Å². The predicted octanol–water partition coefficient (Wildman–Crippen LogP) is 2.90. The molecule has 7 nitrogen and oxygen atoms in total. The van der Waals surface area contributed by atoms with Crippen LogP contribution < -0.4 is 5.32 Å². The highest BCUT2D eigenvalue weighted by Gasteiger charge is 2.41. The Labute approximate surface area is 200 Å². The molecule has 1 aromatic carbocycles. The first-order valence-corrected chi connectivity index (χ1v) is 10.6. The summed E-state index contributed by atoms with van der Waals surface area (Å²) >= 11 is 0. The van der Waals surface area contributed by atoms with Crippen molar-refractivity contribution in [2.45, 2.75) is 31.9 Å². The van der Waals surface area contributed by atoms with Crippen LogP contribution in [0.3, 0.4) is 0 Å². The Morgan fingerprint density at radius 3 is 2.66 bits per heavy atom. The number of rotatable bonds is 3. The van der Waals surface area contributed by atoms with E-state index in [1.165, 1.54) is 5.56 Å². The summed E-state index contributed by atoms with van der Waals surface area (Å²) in [6.45, 7) is 3.66. The first kappa shape index (κ1) is 24.5. The van der Waals surface area contributed by atoms with Crippen LogP contribution in [0.1, 0.15) is 35.2 Å². The second-order valence-corrected chi connectivity index (χ2v) is 8.72. The predicted molar refractivity (Wildman–Crippen MR) is 129 cm³/mol. The minimum Gasteiger partial charge on any atom is -0.391 e. The fourth-order valence-electron chi connectivity index (χ4n) is 4.97. The molecule has 3 aromatic rings. The van der Waals surface area contributed by atoms with Gasteiger partial charge in [-0.3, -0.25) is 4.79 Å². The molecule has 0 radical (unpaired) electrons. The quantitative estimate of drug-likeness (QED) is 0.605. The van der Waals surface area contributed by atoms with Crippen LogP contribution in [0.25, 0.3) is 11.2 Å². The Bertz CT molecular complexity index is 1050. The number of hydrogen-bond acceptors (Lipinski definition) is 5. The number of β-amino-alcohol motifs (C(OH)–C–C–N with tert-alkyl or cyclic N) is 1. The van der Waals surface area contributed by atoms with Crippen LogP contribution in [-0.2, 0) is 6.54 Å². The number of benzene rings is 1. The maximum atomic E-state index is 13.2. The standard InChI is InChI=1S/C23H27N5O2.2ClH/c29-19-11-23(6-8-24-9-7-23)15-27(14-19)22(30)18-10-20-21(25-12-18)28(16-26-20)13-17-4-2-1-3-5-17;;/h1-5,10,12,16,19,24,29H,6-9,11,13-15H2;2*1H. The van der Waals surface area contributed by atoms with E-state index < -0.39 is 6.10 Å². The molecular formula is C23H29Cl2N5O2. The van der Waals surface area contributed by atoms with Crippen molar-refractivity contribution >= 4 is 41.9 Å². The molecular weight excluding hydrogens is 449 g/mol. The number of aromatic nitrogens is 3. The molecule has 9 heteroatoms. The molecule has 0 saturated carbocycles. The molecule has 0 bridgehead atoms. The van der Waals surface area contributed by atoms with Gasteiger partial charge < -0.3 is 19.9 Å². The summed E-state index contributed by atoms with van der Waals surface area (Å²) in [7, 11) is 0. The molecule has 2 N–H and O–H groups in total. The summed E-state index contributed by atoms with van der Waals surface area (Å²) in [5.41, 5.74) is 3.21. The first-order chi connectivity index (χ1) is 14.6. The van der Waals surface area contributed by atoms with E-state index in [4.69, 9.17) is 0 Å². The van der Waals surface area contributed by atoms with Crippen LogP contribution in [0.5, 0.6) is 0 Å². The number of likely N-dealkylation sites (tertiary alicyclic amines) is 1. The molecule has 5 rings (SSSR count). The first-order valence-electron chi connectivity index (χ1n) is 10.6. The van der Waals surface area contributed by atoms with Crippen molar-refractivity contribution in [3.05, 3.63) is 60.0 Å². The highest BCUT2D eigenvalue weighted by atomic mass is 35.5. The Kier molecular flexibility index (Phi) is 7.77. The van der Waals surface area contributed by atoms with E-state index in [1.807, 2.05) is 33.7 Å². The third-order valence-electron chi connectivity index (χ3n) is 6.48. The van der Waals surface area contributed by atoms with Gasteiger partial charge in [0.05, 0.1) is 24.5 Å². The second-order valence-electron chi connectivity index (χ2n) is 8.72. The molecule has 1 amide bonds. The van der Waals surface area contributed by atoms with Crippen LogP contribution in [0.4, 0.5) is 0 Å². The van der Waals surface area contributed by atoms with E-state index in [-0.39, 0.29) is 36.1 Å². The zero-order chi connectivity index (χ0) is 20.6. The maximum Gasteiger partial charge on any atom is 0.255 e. The van der Waals surface area contributed by atoms with Crippen LogP contribution in [-0.4, -0.2) is 62.7 Å². The average molecular weight is 478 g/mol. The van der Waals surface area contributed by atoms with Crippen LogP contribution in [0, 0.1) is 5.41 Å². The summed E-state index contributed by atoms with van der Waals surface area (Å²) in [5.74, 6) is -0.0707. The molecule has 32 heavy (non-hydrogen) atoms. The van der Waals surface area contributed by atoms with Crippen molar-refractivity contribution in [2.75, 3.05) is 26.2 Å². The molecule has 1 spiro atoms. The molecule has 172 valence electrons. The van der Waals surface area contributed by atoms with Crippen LogP contribution in [0.2, 0.25) is 0 Å². The molecule has 1 atom stereocenters. The highest BCUT2D eigenvalue weighted by molar-refractivity contribution is 5.96. The van der Waals surface area contributed by atoms with Gasteiger partial charge in [0, 0.05) is 19.3 Å². The molecule has 4 heterocycles. The van der Waals surface area contributed by atoms with E-state index in [2.05, 4.69) is 27.4 Å². The van der Waals surface area contributed by atoms with Crippen molar-refractivity contribution < 1.29 is 9.90 Å². The summed E-state index contributed by atoms with van der Waals surface area (Å²) in [4.78, 5) is 24.1. The SMILES string of the molecule is Cl.Cl.O=C(c1cnc2c(c1)ncn2Cc1ccccc1)N1CC(O)CC2(CCNCC2)C1. The fraction of sp³-hybridized carbons (Fsp3) is 0.435. The van der Waals surface area contributed by atoms with Crippen molar-refractivity contribution in [1.29, 1.82) is 0 Å². The van der Waals surface area contributed by atoms with Gasteiger partial charge in [0.2, 0.25) is 0 Å². The Balaban J connectivity index is 0.00000144. The van der Waals surface area contributed by atoms with Gasteiger partial charge in [-0.2, -0.15) is 0 Å². The molecule has 2 aromatic heterocycles. The second kappa shape index (κ2) is 10.2. The number of nitrogens with one attached hydrogen (secondary N) is 1. The fourth-order valence-corrected chi connectivity index (χ4v) is 4.97. The van der Waals surface area contributed by atoms with Gasteiger partial charge >= 0.3 is 0 Å². The number of imidazole rings is 1. The average Bonchev–Trinajstić information content (AvgIpc) is 3.16. The Morgan fingerprint density at radius 1 is 1.16 bits per heavy atom. The molecule has 2 aliphatic rings. The third kappa shape index (κ3) is 4.91. The Hall–Kier alpha value is -2.19. The summed E-state index contributed by atoms with van der Waals surface area (Å²) in [5, 5.41) is 13.8. The number of aliphatic hydroxyl groups excluding tert-OH is 1. The van der Waals surface area contributed by atoms with E-state index in [0.717, 1.165) is 38.0 Å². The van der Waals surface area contributed by atoms with Gasteiger partial charge in [0.1, 0.15) is 5.52 Å². The van der Waals surface area contributed by atoms with Crippen molar-refractivity contribution in [1.82, 2.24) is 24.8 Å². The van der Waals surface area contributed by atoms with Gasteiger partial charge in [-0.25, -0.2) is 9.97 Å². The van der Waals surface area contributed by atoms with Gasteiger partial charge in [-0.05, 0) is 49.4 Å². The van der Waals surface area contributed by atoms with Gasteiger partial charge in [-0.15, -0.1) is 24.8 Å². The van der Waals surface area contributed by atoms with Crippen molar-refractivity contribution in [3.63, 3.8) is 0 Å². The molecule has 2 fully saturated rings. The monoisotopic (exact) mass is 477 g/mol. The van der Waals surface area contributed by atoms with Crippen molar-refractivity contribution in [2.24, 2.45) is 5.41 Å². The van der Waals surface area contributed by atoms with E-state index >= 15 is 0 Å². The zero-order valence-electron chi connectivity index (χ0n) is 17.8. The van der Waals surface area contributed by atoms with Crippen molar-refractivity contribution in [3.8, 4) is 0 Å². The van der Waals surface area contributed by atoms with Crippen LogP contribution in [0.15, 0.2) is 48.9 Å². The number of piperidine rings is 2. The zero-order valence-corrected chi connectivity index (χ0v) is 19.4. The van der Waals surface area contributed by atoms with E-state index in [9.17, 15) is 9.90 Å². The number of halogens is 2. The number of aliphatic hydroxyl groups is 1. The molecule has 1 unspecified atom stereocenters. The van der Waals surface area contributed by atoms with Gasteiger partial charge in [0.15, 0.2) is 5.65 Å². The molecule has 2 saturated heterocycles. The molecule has 2 aliphatic heterocycles. The number of amides is 1. The summed E-state index contributed by atoms with van der Waals surface area (Å²) in [6.07, 6.45) is 5.71. The van der Waals surface area contributed by atoms with E-state index in [1.54, 1.807) is 12.5 Å². The number of fused-ring (bicyclic) bond motifs is 1. The largest absolute Gasteiger partial charge is 0.391 e. The minimum absolute atomic E-state index is 0. The highest BCUT2D eigenvalue weighted by Crippen LogP contribution is 2.38. The topological polar surface area (TPSA) is 83.3 Å². The maximum absolute atomic E-state index is 13.2. The normalized spacial score (nSPS) is 19.9. The number of carbonyl (C=O) groups excluding carboxylic acids is 1. The summed E-state index contributed by atoms with van der Waals surface area (Å²) < 4.78 is 1.99. The van der Waals surface area contributed by atoms with E-state index in [0.29, 0.717) is 30.7 Å². The number of carbonyl (C=O) groups is 1. The van der Waals surface area contributed by atoms with Gasteiger partial charge in [0.25, 0.3) is 5.91 Å². The lowest BCUT2D eigenvalue weighted by atomic mass is 9.72. The smallest absolute Gasteiger partial charge is 0.255 e. The van der Waals surface area contributed by atoms with Crippen LogP contribution >= 0.6 is 24.8 Å². The lowest BCUT2D eigenvalue weighted by Crippen LogP contribution is -2.54. The Morgan fingerprint density at radius 2 is 1.91 bits per heavy atom.